The summed E-state index contributed by atoms with van der Waals surface area (Å²) in [5, 5.41) is 9.24. The van der Waals surface area contributed by atoms with Gasteiger partial charge >= 0.3 is 0 Å². The van der Waals surface area contributed by atoms with Crippen LogP contribution in [0.2, 0.25) is 0 Å². The molecule has 90 valence electrons. The van der Waals surface area contributed by atoms with Crippen LogP contribution in [0.15, 0.2) is 44.7 Å². The first-order valence-corrected chi connectivity index (χ1v) is 7.47. The summed E-state index contributed by atoms with van der Waals surface area (Å²) in [6.45, 7) is 0. The van der Waals surface area contributed by atoms with Gasteiger partial charge in [0.25, 0.3) is 0 Å². The van der Waals surface area contributed by atoms with Crippen molar-refractivity contribution in [3.8, 4) is 6.07 Å². The Hall–Kier alpha value is -0.960. The minimum atomic E-state index is -0.772. The van der Waals surface area contributed by atoms with E-state index in [1.165, 1.54) is 11.3 Å². The first-order chi connectivity index (χ1) is 8.63. The van der Waals surface area contributed by atoms with Gasteiger partial charge in [-0.15, -0.1) is 11.3 Å². The van der Waals surface area contributed by atoms with Gasteiger partial charge in [0.2, 0.25) is 0 Å². The number of thiophene rings is 1. The van der Waals surface area contributed by atoms with E-state index in [9.17, 15) is 10.1 Å². The fourth-order valence-corrected chi connectivity index (χ4v) is 3.44. The number of Topliss-reactive ketones (excluding diaryl/α,β-unsaturated/α-hetero) is 1. The highest BCUT2D eigenvalue weighted by Gasteiger charge is 2.24. The molecular formula is C13H7Br2NOS. The quantitative estimate of drug-likeness (QED) is 0.715. The van der Waals surface area contributed by atoms with Gasteiger partial charge in [-0.3, -0.25) is 4.79 Å². The largest absolute Gasteiger partial charge is 0.291 e. The van der Waals surface area contributed by atoms with Crippen LogP contribution >= 0.6 is 43.2 Å². The van der Waals surface area contributed by atoms with Crippen LogP contribution in [-0.2, 0) is 0 Å². The van der Waals surface area contributed by atoms with Gasteiger partial charge in [-0.25, -0.2) is 0 Å². The number of benzene rings is 1. The van der Waals surface area contributed by atoms with Crippen molar-refractivity contribution in [2.24, 2.45) is 0 Å². The van der Waals surface area contributed by atoms with Gasteiger partial charge in [0.1, 0.15) is 5.92 Å². The first kappa shape index (κ1) is 13.5. The van der Waals surface area contributed by atoms with Crippen molar-refractivity contribution in [1.29, 1.82) is 5.26 Å². The Labute approximate surface area is 126 Å². The van der Waals surface area contributed by atoms with Gasteiger partial charge in [-0.05, 0) is 39.7 Å². The number of hydrogen-bond donors (Lipinski definition) is 0. The van der Waals surface area contributed by atoms with Crippen molar-refractivity contribution in [2.75, 3.05) is 0 Å². The number of halogens is 2. The minimum Gasteiger partial charge on any atom is -0.291 e. The smallest absolute Gasteiger partial charge is 0.194 e. The molecule has 0 aliphatic rings. The highest BCUT2D eigenvalue weighted by atomic mass is 79.9. The summed E-state index contributed by atoms with van der Waals surface area (Å²) in [5.74, 6) is -0.939. The molecule has 1 aromatic carbocycles. The second kappa shape index (κ2) is 5.79. The van der Waals surface area contributed by atoms with E-state index in [1.54, 1.807) is 12.1 Å². The van der Waals surface area contributed by atoms with Crippen LogP contribution in [0.4, 0.5) is 0 Å². The summed E-state index contributed by atoms with van der Waals surface area (Å²) in [7, 11) is 0. The molecule has 1 aromatic heterocycles. The Kier molecular flexibility index (Phi) is 4.33. The molecule has 0 amide bonds. The summed E-state index contributed by atoms with van der Waals surface area (Å²) < 4.78 is 1.66. The molecule has 0 radical (unpaired) electrons. The maximum atomic E-state index is 12.3. The normalized spacial score (nSPS) is 11.8. The molecule has 2 nitrogen and oxygen atoms in total. The van der Waals surface area contributed by atoms with E-state index in [1.807, 2.05) is 24.3 Å². The van der Waals surface area contributed by atoms with Gasteiger partial charge in [-0.1, -0.05) is 34.1 Å². The lowest BCUT2D eigenvalue weighted by Gasteiger charge is -2.09. The molecule has 0 saturated heterocycles. The van der Waals surface area contributed by atoms with E-state index >= 15 is 0 Å². The highest BCUT2D eigenvalue weighted by molar-refractivity contribution is 9.11. The van der Waals surface area contributed by atoms with Gasteiger partial charge in [-0.2, -0.15) is 5.26 Å². The maximum Gasteiger partial charge on any atom is 0.194 e. The number of ketones is 1. The molecule has 0 aliphatic heterocycles. The summed E-state index contributed by atoms with van der Waals surface area (Å²) in [6.07, 6.45) is 0. The highest BCUT2D eigenvalue weighted by Crippen LogP contribution is 2.31. The predicted molar refractivity (Wildman–Crippen MR) is 78.8 cm³/mol. The summed E-state index contributed by atoms with van der Waals surface area (Å²) in [5.41, 5.74) is 0.703. The average Bonchev–Trinajstić information content (AvgIpc) is 2.79. The zero-order chi connectivity index (χ0) is 13.1. The molecule has 0 saturated carbocycles. The Morgan fingerprint density at radius 2 is 1.94 bits per heavy atom. The van der Waals surface area contributed by atoms with Crippen LogP contribution < -0.4 is 0 Å². The number of nitriles is 1. The third kappa shape index (κ3) is 2.72. The molecule has 0 bridgehead atoms. The number of carbonyl (C=O) groups excluding carboxylic acids is 1. The standard InChI is InChI=1S/C13H7Br2NOS/c14-10-4-2-1-3-8(10)9(7-16)13(17)11-5-6-12(15)18-11/h1-6,9H. The molecule has 1 unspecified atom stereocenters. The van der Waals surface area contributed by atoms with Crippen LogP contribution in [0.1, 0.15) is 21.2 Å². The van der Waals surface area contributed by atoms with Gasteiger partial charge in [0, 0.05) is 4.47 Å². The fraction of sp³-hybridized carbons (Fsp3) is 0.0769. The van der Waals surface area contributed by atoms with Crippen molar-refractivity contribution in [2.45, 2.75) is 5.92 Å². The van der Waals surface area contributed by atoms with Crippen LogP contribution in [0.3, 0.4) is 0 Å². The molecule has 0 fully saturated rings. The molecule has 1 atom stereocenters. The Morgan fingerprint density at radius 3 is 2.50 bits per heavy atom. The molecule has 18 heavy (non-hydrogen) atoms. The molecule has 1 heterocycles. The Morgan fingerprint density at radius 1 is 1.22 bits per heavy atom. The molecule has 2 rings (SSSR count). The van der Waals surface area contributed by atoms with Crippen molar-refractivity contribution < 1.29 is 4.79 Å². The van der Waals surface area contributed by atoms with Crippen molar-refractivity contribution in [1.82, 2.24) is 0 Å². The minimum absolute atomic E-state index is 0.167. The average molecular weight is 385 g/mol. The zero-order valence-electron chi connectivity index (χ0n) is 9.06. The number of nitrogens with zero attached hydrogens (tertiary/aromatic N) is 1. The Bertz CT molecular complexity index is 630. The lowest BCUT2D eigenvalue weighted by atomic mass is 9.95. The fourth-order valence-electron chi connectivity index (χ4n) is 1.57. The molecule has 0 aliphatic carbocycles. The lowest BCUT2D eigenvalue weighted by Crippen LogP contribution is -2.10. The maximum absolute atomic E-state index is 12.3. The van der Waals surface area contributed by atoms with E-state index < -0.39 is 5.92 Å². The molecule has 2 aromatic rings. The van der Waals surface area contributed by atoms with Gasteiger partial charge in [0.15, 0.2) is 5.78 Å². The summed E-state index contributed by atoms with van der Waals surface area (Å²) in [6, 6.07) is 12.9. The topological polar surface area (TPSA) is 40.9 Å². The van der Waals surface area contributed by atoms with Crippen molar-refractivity contribution >= 4 is 49.0 Å². The summed E-state index contributed by atoms with van der Waals surface area (Å²) in [4.78, 5) is 12.9. The predicted octanol–water partition coefficient (Wildman–Crippen LogP) is 4.76. The van der Waals surface area contributed by atoms with E-state index in [-0.39, 0.29) is 5.78 Å². The van der Waals surface area contributed by atoms with E-state index in [0.717, 1.165) is 8.26 Å². The first-order valence-electron chi connectivity index (χ1n) is 5.07. The zero-order valence-corrected chi connectivity index (χ0v) is 13.0. The van der Waals surface area contributed by atoms with E-state index in [2.05, 4.69) is 37.9 Å². The number of rotatable bonds is 3. The lowest BCUT2D eigenvalue weighted by molar-refractivity contribution is 0.0982. The van der Waals surface area contributed by atoms with Crippen molar-refractivity contribution in [3.63, 3.8) is 0 Å². The number of hydrogen-bond acceptors (Lipinski definition) is 3. The summed E-state index contributed by atoms with van der Waals surface area (Å²) >= 11 is 8.03. The van der Waals surface area contributed by atoms with Gasteiger partial charge in [0.05, 0.1) is 14.7 Å². The molecule has 0 spiro atoms. The number of carbonyl (C=O) groups is 1. The van der Waals surface area contributed by atoms with E-state index in [0.29, 0.717) is 10.4 Å². The van der Waals surface area contributed by atoms with Crippen molar-refractivity contribution in [3.05, 3.63) is 55.1 Å². The third-order valence-corrected chi connectivity index (χ3v) is 4.78. The van der Waals surface area contributed by atoms with E-state index in [4.69, 9.17) is 0 Å². The Balaban J connectivity index is 2.39. The molecule has 5 heteroatoms. The molecule has 0 N–H and O–H groups in total. The molecular weight excluding hydrogens is 378 g/mol. The van der Waals surface area contributed by atoms with Gasteiger partial charge < -0.3 is 0 Å². The third-order valence-electron chi connectivity index (χ3n) is 2.42. The SMILES string of the molecule is N#CC(C(=O)c1ccc(Br)s1)c1ccccc1Br. The second-order valence-corrected chi connectivity index (χ2v) is 6.87. The van der Waals surface area contributed by atoms with Crippen LogP contribution in [-0.4, -0.2) is 5.78 Å². The van der Waals surface area contributed by atoms with Crippen LogP contribution in [0.25, 0.3) is 0 Å². The second-order valence-electron chi connectivity index (χ2n) is 3.55. The monoisotopic (exact) mass is 383 g/mol. The van der Waals surface area contributed by atoms with Crippen LogP contribution in [0.5, 0.6) is 0 Å². The van der Waals surface area contributed by atoms with Crippen LogP contribution in [0, 0.1) is 11.3 Å².